The second-order valence-electron chi connectivity index (χ2n) is 5.48. The number of nitrogens with one attached hydrogen (secondary N) is 2. The van der Waals surface area contributed by atoms with Crippen LogP contribution >= 0.6 is 0 Å². The number of fused-ring (bicyclic) bond motifs is 1. The summed E-state index contributed by atoms with van der Waals surface area (Å²) in [6.45, 7) is 5.63. The fourth-order valence-electron chi connectivity index (χ4n) is 2.84. The molecule has 0 saturated heterocycles. The van der Waals surface area contributed by atoms with E-state index in [2.05, 4.69) is 52.8 Å². The van der Waals surface area contributed by atoms with Gasteiger partial charge in [0.1, 0.15) is 5.75 Å². The first-order chi connectivity index (χ1) is 10.7. The number of aryl methyl sites for hydroxylation is 2. The van der Waals surface area contributed by atoms with Crippen molar-refractivity contribution in [3.05, 3.63) is 58.9 Å². The normalized spacial score (nSPS) is 11.0. The van der Waals surface area contributed by atoms with Crippen LogP contribution < -0.4 is 10.1 Å². The van der Waals surface area contributed by atoms with Crippen LogP contribution in [0.3, 0.4) is 0 Å². The van der Waals surface area contributed by atoms with Crippen molar-refractivity contribution in [1.82, 2.24) is 15.5 Å². The van der Waals surface area contributed by atoms with Crippen LogP contribution in [-0.4, -0.2) is 17.3 Å². The number of rotatable bonds is 5. The zero-order valence-electron chi connectivity index (χ0n) is 13.2. The smallest absolute Gasteiger partial charge is 0.123 e. The third-order valence-electron chi connectivity index (χ3n) is 4.10. The first-order valence-electron chi connectivity index (χ1n) is 7.46. The summed E-state index contributed by atoms with van der Waals surface area (Å²) >= 11 is 0. The van der Waals surface area contributed by atoms with E-state index < -0.39 is 0 Å². The average Bonchev–Trinajstić information content (AvgIpc) is 2.86. The molecule has 0 spiro atoms. The molecule has 0 atom stereocenters. The Balaban J connectivity index is 1.84. The molecule has 0 unspecified atom stereocenters. The molecule has 2 N–H and O–H groups in total. The Morgan fingerprint density at radius 1 is 1.05 bits per heavy atom. The van der Waals surface area contributed by atoms with Crippen LogP contribution in [0.15, 0.2) is 36.4 Å². The molecule has 3 aromatic rings. The summed E-state index contributed by atoms with van der Waals surface area (Å²) in [5, 5.41) is 13.2. The fourth-order valence-corrected chi connectivity index (χ4v) is 2.84. The maximum atomic E-state index is 5.53. The average molecular weight is 295 g/mol. The Bertz CT molecular complexity index is 773. The number of nitrogens with zero attached hydrogens (tertiary/aromatic N) is 1. The van der Waals surface area contributed by atoms with Crippen LogP contribution in [0, 0.1) is 13.8 Å². The van der Waals surface area contributed by atoms with E-state index >= 15 is 0 Å². The highest BCUT2D eigenvalue weighted by Crippen LogP contribution is 2.27. The summed E-state index contributed by atoms with van der Waals surface area (Å²) < 4.78 is 5.53. The molecule has 1 aromatic heterocycles. The lowest BCUT2D eigenvalue weighted by molar-refractivity contribution is 0.408. The molecule has 4 heteroatoms. The number of H-pyrrole nitrogens is 1. The van der Waals surface area contributed by atoms with E-state index in [4.69, 9.17) is 4.74 Å². The van der Waals surface area contributed by atoms with Crippen molar-refractivity contribution in [1.29, 1.82) is 0 Å². The third kappa shape index (κ3) is 2.70. The Hall–Kier alpha value is -2.33. The molecule has 3 rings (SSSR count). The lowest BCUT2D eigenvalue weighted by Crippen LogP contribution is -2.14. The monoisotopic (exact) mass is 295 g/mol. The van der Waals surface area contributed by atoms with Gasteiger partial charge in [0.05, 0.1) is 12.8 Å². The van der Waals surface area contributed by atoms with E-state index in [1.54, 1.807) is 7.11 Å². The van der Waals surface area contributed by atoms with Crippen LogP contribution in [0.1, 0.15) is 22.5 Å². The molecule has 0 fully saturated rings. The van der Waals surface area contributed by atoms with Crippen LogP contribution in [0.4, 0.5) is 0 Å². The highest BCUT2D eigenvalue weighted by Gasteiger charge is 2.09. The second-order valence-corrected chi connectivity index (χ2v) is 5.48. The summed E-state index contributed by atoms with van der Waals surface area (Å²) in [6, 6.07) is 12.5. The van der Waals surface area contributed by atoms with Gasteiger partial charge in [0.15, 0.2) is 0 Å². The van der Waals surface area contributed by atoms with Crippen LogP contribution in [0.2, 0.25) is 0 Å². The molecule has 114 valence electrons. The second kappa shape index (κ2) is 6.20. The van der Waals surface area contributed by atoms with Crippen LogP contribution in [-0.2, 0) is 13.1 Å². The number of hydrogen-bond acceptors (Lipinski definition) is 3. The highest BCUT2D eigenvalue weighted by atomic mass is 16.5. The van der Waals surface area contributed by atoms with Gasteiger partial charge in [-0.15, -0.1) is 0 Å². The van der Waals surface area contributed by atoms with Gasteiger partial charge in [-0.05, 0) is 30.7 Å². The predicted octanol–water partition coefficient (Wildman–Crippen LogP) is 3.48. The molecule has 0 aliphatic heterocycles. The SMILES string of the molecule is COc1ccc2ccccc2c1CNCc1c(C)n[nH]c1C. The molecule has 0 amide bonds. The van der Waals surface area contributed by atoms with E-state index in [0.717, 1.165) is 30.2 Å². The molecule has 1 heterocycles. The molecular formula is C18H21N3O. The highest BCUT2D eigenvalue weighted by molar-refractivity contribution is 5.87. The Kier molecular flexibility index (Phi) is 4.11. The molecule has 2 aromatic carbocycles. The van der Waals surface area contributed by atoms with Gasteiger partial charge in [0.25, 0.3) is 0 Å². The van der Waals surface area contributed by atoms with E-state index in [-0.39, 0.29) is 0 Å². The summed E-state index contributed by atoms with van der Waals surface area (Å²) in [5.74, 6) is 0.923. The molecule has 4 nitrogen and oxygen atoms in total. The van der Waals surface area contributed by atoms with Crippen LogP contribution in [0.25, 0.3) is 10.8 Å². The minimum Gasteiger partial charge on any atom is -0.496 e. The fraction of sp³-hybridized carbons (Fsp3) is 0.278. The third-order valence-corrected chi connectivity index (χ3v) is 4.10. The van der Waals surface area contributed by atoms with Gasteiger partial charge in [-0.1, -0.05) is 30.3 Å². The van der Waals surface area contributed by atoms with Crippen molar-refractivity contribution < 1.29 is 4.74 Å². The molecular weight excluding hydrogens is 274 g/mol. The van der Waals surface area contributed by atoms with Gasteiger partial charge >= 0.3 is 0 Å². The lowest BCUT2D eigenvalue weighted by Gasteiger charge is -2.13. The standard InChI is InChI=1S/C18H21N3O/c1-12-16(13(2)21-20-12)10-19-11-17-15-7-5-4-6-14(15)8-9-18(17)22-3/h4-9,19H,10-11H2,1-3H3,(H,20,21). The summed E-state index contributed by atoms with van der Waals surface area (Å²) in [5.41, 5.74) is 4.60. The van der Waals surface area contributed by atoms with Gasteiger partial charge in [-0.25, -0.2) is 0 Å². The summed E-state index contributed by atoms with van der Waals surface area (Å²) in [4.78, 5) is 0. The number of aromatic nitrogens is 2. The zero-order valence-corrected chi connectivity index (χ0v) is 13.2. The Morgan fingerprint density at radius 2 is 1.82 bits per heavy atom. The molecule has 0 aliphatic rings. The van der Waals surface area contributed by atoms with Crippen molar-refractivity contribution in [2.75, 3.05) is 7.11 Å². The van der Waals surface area contributed by atoms with Gasteiger partial charge < -0.3 is 10.1 Å². The predicted molar refractivity (Wildman–Crippen MR) is 89.1 cm³/mol. The number of ether oxygens (including phenoxy) is 1. The quantitative estimate of drug-likeness (QED) is 0.757. The van der Waals surface area contributed by atoms with E-state index in [1.807, 2.05) is 13.0 Å². The van der Waals surface area contributed by atoms with Crippen molar-refractivity contribution in [2.24, 2.45) is 0 Å². The Morgan fingerprint density at radius 3 is 2.55 bits per heavy atom. The summed E-state index contributed by atoms with van der Waals surface area (Å²) in [7, 11) is 1.72. The molecule has 0 aliphatic carbocycles. The minimum absolute atomic E-state index is 0.759. The van der Waals surface area contributed by atoms with E-state index in [0.29, 0.717) is 0 Å². The van der Waals surface area contributed by atoms with Gasteiger partial charge in [0.2, 0.25) is 0 Å². The first kappa shape index (κ1) is 14.6. The van der Waals surface area contributed by atoms with Crippen molar-refractivity contribution >= 4 is 10.8 Å². The number of benzene rings is 2. The topological polar surface area (TPSA) is 49.9 Å². The van der Waals surface area contributed by atoms with Gasteiger partial charge in [0, 0.05) is 29.9 Å². The number of methoxy groups -OCH3 is 1. The molecule has 0 bridgehead atoms. The van der Waals surface area contributed by atoms with Crippen LogP contribution in [0.5, 0.6) is 5.75 Å². The summed E-state index contributed by atoms with van der Waals surface area (Å²) in [6.07, 6.45) is 0. The molecule has 0 saturated carbocycles. The molecule has 0 radical (unpaired) electrons. The minimum atomic E-state index is 0.759. The van der Waals surface area contributed by atoms with E-state index in [1.165, 1.54) is 21.9 Å². The van der Waals surface area contributed by atoms with Gasteiger partial charge in [-0.2, -0.15) is 5.10 Å². The maximum absolute atomic E-state index is 5.53. The first-order valence-corrected chi connectivity index (χ1v) is 7.46. The number of aromatic amines is 1. The van der Waals surface area contributed by atoms with Crippen molar-refractivity contribution in [3.8, 4) is 5.75 Å². The largest absolute Gasteiger partial charge is 0.496 e. The lowest BCUT2D eigenvalue weighted by atomic mass is 10.0. The van der Waals surface area contributed by atoms with Crippen molar-refractivity contribution in [2.45, 2.75) is 26.9 Å². The number of hydrogen-bond donors (Lipinski definition) is 2. The molecule has 22 heavy (non-hydrogen) atoms. The zero-order chi connectivity index (χ0) is 15.5. The Labute approximate surface area is 130 Å². The van der Waals surface area contributed by atoms with Crippen molar-refractivity contribution in [3.63, 3.8) is 0 Å². The maximum Gasteiger partial charge on any atom is 0.123 e. The van der Waals surface area contributed by atoms with Gasteiger partial charge in [-0.3, -0.25) is 5.10 Å². The van der Waals surface area contributed by atoms with E-state index in [9.17, 15) is 0 Å².